The molecular formula is C20H34ClN5O. The minimum absolute atomic E-state index is 0.127. The average molecular weight is 396 g/mol. The Bertz CT molecular complexity index is 573. The van der Waals surface area contributed by atoms with E-state index in [0.717, 1.165) is 69.5 Å². The fourth-order valence-corrected chi connectivity index (χ4v) is 3.67. The Morgan fingerprint density at radius 3 is 2.67 bits per heavy atom. The Hall–Kier alpha value is -1.34. The molecule has 0 aromatic heterocycles. The van der Waals surface area contributed by atoms with Crippen LogP contribution in [0.25, 0.3) is 0 Å². The van der Waals surface area contributed by atoms with Gasteiger partial charge in [0.1, 0.15) is 0 Å². The lowest BCUT2D eigenvalue weighted by Crippen LogP contribution is -2.39. The molecule has 6 nitrogen and oxygen atoms in total. The molecule has 1 heterocycles. The van der Waals surface area contributed by atoms with Crippen LogP contribution >= 0.6 is 11.6 Å². The van der Waals surface area contributed by atoms with E-state index in [2.05, 4.69) is 40.0 Å². The van der Waals surface area contributed by atoms with E-state index in [1.807, 2.05) is 18.2 Å². The molecule has 0 radical (unpaired) electrons. The molecule has 1 aromatic rings. The third-order valence-corrected chi connectivity index (χ3v) is 5.36. The van der Waals surface area contributed by atoms with Crippen molar-refractivity contribution in [3.8, 4) is 0 Å². The number of aliphatic imine (C=N–C) groups is 1. The van der Waals surface area contributed by atoms with Gasteiger partial charge < -0.3 is 15.8 Å². The van der Waals surface area contributed by atoms with Gasteiger partial charge in [0.25, 0.3) is 0 Å². The van der Waals surface area contributed by atoms with Crippen molar-refractivity contribution in [3.63, 3.8) is 0 Å². The fraction of sp³-hybridized carbons (Fsp3) is 0.650. The molecule has 1 unspecified atom stereocenters. The summed E-state index contributed by atoms with van der Waals surface area (Å²) in [5.74, 6) is 0.501. The zero-order valence-electron chi connectivity index (χ0n) is 16.7. The molecule has 2 rings (SSSR count). The smallest absolute Gasteiger partial charge is 0.188 e. The lowest BCUT2D eigenvalue weighted by molar-refractivity contribution is 0.0376. The number of likely N-dealkylation sites (N-methyl/N-ethyl adjacent to an activating group) is 1. The van der Waals surface area contributed by atoms with Crippen LogP contribution in [-0.2, 0) is 4.74 Å². The number of hydrogen-bond donors (Lipinski definition) is 2. The molecule has 1 atom stereocenters. The van der Waals surface area contributed by atoms with Crippen molar-refractivity contribution < 1.29 is 4.74 Å². The van der Waals surface area contributed by atoms with Crippen molar-refractivity contribution in [3.05, 3.63) is 34.9 Å². The molecule has 27 heavy (non-hydrogen) atoms. The number of hydrogen-bond acceptors (Lipinski definition) is 4. The third kappa shape index (κ3) is 7.30. The summed E-state index contributed by atoms with van der Waals surface area (Å²) in [5.41, 5.74) is 7.20. The predicted molar refractivity (Wildman–Crippen MR) is 113 cm³/mol. The maximum atomic E-state index is 6.43. The summed E-state index contributed by atoms with van der Waals surface area (Å²) in [6, 6.07) is 8.12. The molecule has 3 N–H and O–H groups in total. The average Bonchev–Trinajstić information content (AvgIpc) is 2.70. The Morgan fingerprint density at radius 2 is 2.00 bits per heavy atom. The normalized spacial score (nSPS) is 17.3. The van der Waals surface area contributed by atoms with Crippen LogP contribution < -0.4 is 11.1 Å². The minimum Gasteiger partial charge on any atom is -0.379 e. The summed E-state index contributed by atoms with van der Waals surface area (Å²) in [4.78, 5) is 9.37. The molecule has 1 aliphatic heterocycles. The number of halogens is 1. The highest BCUT2D eigenvalue weighted by Crippen LogP contribution is 2.27. The van der Waals surface area contributed by atoms with Gasteiger partial charge in [-0.05, 0) is 37.7 Å². The number of nitrogens with zero attached hydrogens (tertiary/aromatic N) is 3. The van der Waals surface area contributed by atoms with Gasteiger partial charge in [-0.25, -0.2) is 0 Å². The van der Waals surface area contributed by atoms with Crippen molar-refractivity contribution in [2.24, 2.45) is 10.7 Å². The van der Waals surface area contributed by atoms with Crippen LogP contribution in [0.3, 0.4) is 0 Å². The summed E-state index contributed by atoms with van der Waals surface area (Å²) in [7, 11) is 0. The van der Waals surface area contributed by atoms with Crippen LogP contribution in [0, 0.1) is 0 Å². The molecule has 152 valence electrons. The van der Waals surface area contributed by atoms with E-state index in [0.29, 0.717) is 12.5 Å². The van der Waals surface area contributed by atoms with Crippen LogP contribution in [0.2, 0.25) is 5.02 Å². The monoisotopic (exact) mass is 395 g/mol. The Morgan fingerprint density at radius 1 is 1.30 bits per heavy atom. The fourth-order valence-electron chi connectivity index (χ4n) is 3.40. The molecule has 0 saturated carbocycles. The van der Waals surface area contributed by atoms with Crippen molar-refractivity contribution >= 4 is 17.6 Å². The number of nitrogens with one attached hydrogen (secondary N) is 1. The van der Waals surface area contributed by atoms with Crippen molar-refractivity contribution in [1.82, 2.24) is 15.1 Å². The van der Waals surface area contributed by atoms with E-state index < -0.39 is 0 Å². The summed E-state index contributed by atoms with van der Waals surface area (Å²) in [5, 5.41) is 4.02. The van der Waals surface area contributed by atoms with Gasteiger partial charge in [0.2, 0.25) is 0 Å². The molecule has 7 heteroatoms. The van der Waals surface area contributed by atoms with E-state index >= 15 is 0 Å². The maximum Gasteiger partial charge on any atom is 0.188 e. The zero-order valence-corrected chi connectivity index (χ0v) is 17.4. The molecule has 0 aliphatic carbocycles. The number of guanidine groups is 1. The van der Waals surface area contributed by atoms with Gasteiger partial charge in [-0.3, -0.25) is 14.8 Å². The topological polar surface area (TPSA) is 66.1 Å². The summed E-state index contributed by atoms with van der Waals surface area (Å²) in [6.07, 6.45) is 1.04. The second-order valence-electron chi connectivity index (χ2n) is 6.72. The molecular weight excluding hydrogens is 362 g/mol. The standard InChI is InChI=1S/C20H34ClN5O/c1-3-26(4-2)19(17-8-5-6-9-18(17)21)16-24-20(22)23-10-7-11-25-12-14-27-15-13-25/h5-6,8-9,19H,3-4,7,10-16H2,1-2H3,(H3,22,23,24). The summed E-state index contributed by atoms with van der Waals surface area (Å²) >= 11 is 6.43. The quantitative estimate of drug-likeness (QED) is 0.361. The van der Waals surface area contributed by atoms with E-state index in [1.54, 1.807) is 0 Å². The van der Waals surface area contributed by atoms with Crippen LogP contribution in [0.15, 0.2) is 29.3 Å². The zero-order chi connectivity index (χ0) is 19.5. The van der Waals surface area contributed by atoms with Crippen LogP contribution in [0.1, 0.15) is 31.9 Å². The number of rotatable bonds is 10. The van der Waals surface area contributed by atoms with Crippen LogP contribution in [0.5, 0.6) is 0 Å². The molecule has 1 aromatic carbocycles. The Labute approximate surface area is 168 Å². The van der Waals surface area contributed by atoms with Crippen molar-refractivity contribution in [1.29, 1.82) is 0 Å². The second-order valence-corrected chi connectivity index (χ2v) is 7.13. The van der Waals surface area contributed by atoms with Gasteiger partial charge >= 0.3 is 0 Å². The molecule has 1 fully saturated rings. The maximum absolute atomic E-state index is 6.43. The lowest BCUT2D eigenvalue weighted by atomic mass is 10.1. The lowest BCUT2D eigenvalue weighted by Gasteiger charge is -2.29. The molecule has 0 spiro atoms. The first-order valence-electron chi connectivity index (χ1n) is 9.98. The van der Waals surface area contributed by atoms with E-state index in [1.165, 1.54) is 0 Å². The number of ether oxygens (including phenoxy) is 1. The molecule has 1 saturated heterocycles. The number of morpholine rings is 1. The van der Waals surface area contributed by atoms with Crippen molar-refractivity contribution in [2.75, 3.05) is 59.0 Å². The highest BCUT2D eigenvalue weighted by Gasteiger charge is 2.20. The highest BCUT2D eigenvalue weighted by molar-refractivity contribution is 6.31. The summed E-state index contributed by atoms with van der Waals surface area (Å²) < 4.78 is 5.37. The minimum atomic E-state index is 0.127. The van der Waals surface area contributed by atoms with Gasteiger partial charge in [0.05, 0.1) is 25.8 Å². The second kappa shape index (κ2) is 12.2. The predicted octanol–water partition coefficient (Wildman–Crippen LogP) is 2.35. The van der Waals surface area contributed by atoms with E-state index in [4.69, 9.17) is 22.1 Å². The van der Waals surface area contributed by atoms with E-state index in [9.17, 15) is 0 Å². The first kappa shape index (κ1) is 22.0. The van der Waals surface area contributed by atoms with Gasteiger partial charge in [-0.15, -0.1) is 0 Å². The molecule has 0 amide bonds. The Balaban J connectivity index is 1.85. The summed E-state index contributed by atoms with van der Waals surface area (Å²) in [6.45, 7) is 12.4. The SMILES string of the molecule is CCN(CC)C(CN=C(N)NCCCN1CCOCC1)c1ccccc1Cl. The highest BCUT2D eigenvalue weighted by atomic mass is 35.5. The number of nitrogens with two attached hydrogens (primary N) is 1. The third-order valence-electron chi connectivity index (χ3n) is 5.01. The van der Waals surface area contributed by atoms with Gasteiger partial charge in [-0.2, -0.15) is 0 Å². The van der Waals surface area contributed by atoms with Gasteiger partial charge in [-0.1, -0.05) is 43.6 Å². The largest absolute Gasteiger partial charge is 0.379 e. The first-order valence-corrected chi connectivity index (χ1v) is 10.4. The molecule has 1 aliphatic rings. The van der Waals surface area contributed by atoms with Gasteiger partial charge in [0.15, 0.2) is 5.96 Å². The first-order chi connectivity index (χ1) is 13.2. The van der Waals surface area contributed by atoms with E-state index in [-0.39, 0.29) is 6.04 Å². The van der Waals surface area contributed by atoms with Gasteiger partial charge in [0, 0.05) is 24.7 Å². The number of benzene rings is 1. The molecule has 0 bridgehead atoms. The Kier molecular flexibility index (Phi) is 9.91. The van der Waals surface area contributed by atoms with Crippen LogP contribution in [-0.4, -0.2) is 74.8 Å². The van der Waals surface area contributed by atoms with Crippen molar-refractivity contribution in [2.45, 2.75) is 26.3 Å². The van der Waals surface area contributed by atoms with Crippen LogP contribution in [0.4, 0.5) is 0 Å².